The van der Waals surface area contributed by atoms with E-state index >= 15 is 0 Å². The Balaban J connectivity index is 2.34. The first-order valence-electron chi connectivity index (χ1n) is 6.67. The van der Waals surface area contributed by atoms with E-state index in [1.54, 1.807) is 18.5 Å². The smallest absolute Gasteiger partial charge is 0.232 e. The maximum absolute atomic E-state index is 11.9. The third kappa shape index (κ3) is 6.54. The van der Waals surface area contributed by atoms with Gasteiger partial charge in [0.25, 0.3) is 0 Å². The molecule has 0 unspecified atom stereocenters. The first-order valence-corrected chi connectivity index (χ1v) is 8.32. The van der Waals surface area contributed by atoms with Gasteiger partial charge in [0.15, 0.2) is 0 Å². The Morgan fingerprint density at radius 1 is 1.26 bits per heavy atom. The number of hydrogen-bond donors (Lipinski definition) is 2. The Kier molecular flexibility index (Phi) is 6.80. The summed E-state index contributed by atoms with van der Waals surface area (Å²) in [6.07, 6.45) is 5.86. The molecule has 2 N–H and O–H groups in total. The van der Waals surface area contributed by atoms with Crippen molar-refractivity contribution < 1.29 is 8.42 Å². The molecule has 0 spiro atoms. The second kappa shape index (κ2) is 8.12. The van der Waals surface area contributed by atoms with E-state index in [0.717, 1.165) is 31.5 Å². The number of rotatable bonds is 9. The monoisotopic (exact) mass is 285 g/mol. The maximum Gasteiger partial charge on any atom is 0.232 e. The molecule has 1 rings (SSSR count). The van der Waals surface area contributed by atoms with Gasteiger partial charge >= 0.3 is 0 Å². The summed E-state index contributed by atoms with van der Waals surface area (Å²) < 4.78 is 26.4. The van der Waals surface area contributed by atoms with Crippen molar-refractivity contribution in [1.29, 1.82) is 0 Å². The van der Waals surface area contributed by atoms with Crippen molar-refractivity contribution >= 4 is 15.7 Å². The van der Waals surface area contributed by atoms with E-state index in [-0.39, 0.29) is 5.75 Å². The van der Waals surface area contributed by atoms with Crippen molar-refractivity contribution in [1.82, 2.24) is 10.3 Å². The average molecular weight is 285 g/mol. The molecule has 0 saturated carbocycles. The molecular weight excluding hydrogens is 262 g/mol. The summed E-state index contributed by atoms with van der Waals surface area (Å²) >= 11 is 0. The summed E-state index contributed by atoms with van der Waals surface area (Å²) in [5.41, 5.74) is 1.44. The largest absolute Gasteiger partial charge is 0.317 e. The lowest BCUT2D eigenvalue weighted by atomic mass is 10.3. The van der Waals surface area contributed by atoms with E-state index in [0.29, 0.717) is 12.1 Å². The molecule has 0 atom stereocenters. The Bertz CT molecular complexity index is 475. The zero-order valence-corrected chi connectivity index (χ0v) is 12.5. The van der Waals surface area contributed by atoms with Crippen LogP contribution in [0.1, 0.15) is 31.7 Å². The lowest BCUT2D eigenvalue weighted by Crippen LogP contribution is -2.20. The van der Waals surface area contributed by atoms with Gasteiger partial charge in [-0.2, -0.15) is 0 Å². The molecule has 0 fully saturated rings. The molecule has 0 amide bonds. The highest BCUT2D eigenvalue weighted by Crippen LogP contribution is 2.14. The summed E-state index contributed by atoms with van der Waals surface area (Å²) in [5, 5.41) is 3.26. The molecule has 0 bridgehead atoms. The van der Waals surface area contributed by atoms with Gasteiger partial charge in [-0.05, 0) is 50.9 Å². The van der Waals surface area contributed by atoms with Crippen LogP contribution >= 0.6 is 0 Å². The van der Waals surface area contributed by atoms with E-state index in [1.165, 1.54) is 0 Å². The van der Waals surface area contributed by atoms with Gasteiger partial charge in [0.1, 0.15) is 0 Å². The second-order valence-electron chi connectivity index (χ2n) is 4.57. The van der Waals surface area contributed by atoms with Gasteiger partial charge in [-0.25, -0.2) is 8.42 Å². The van der Waals surface area contributed by atoms with Crippen molar-refractivity contribution in [2.24, 2.45) is 0 Å². The molecule has 1 heterocycles. The van der Waals surface area contributed by atoms with Crippen LogP contribution in [0.2, 0.25) is 0 Å². The average Bonchev–Trinajstić information content (AvgIpc) is 2.36. The van der Waals surface area contributed by atoms with E-state index in [1.807, 2.05) is 6.92 Å². The molecular formula is C13H23N3O2S. The first kappa shape index (κ1) is 15.9. The molecule has 1 aromatic heterocycles. The van der Waals surface area contributed by atoms with E-state index in [2.05, 4.69) is 21.9 Å². The Hall–Kier alpha value is -1.14. The summed E-state index contributed by atoms with van der Waals surface area (Å²) in [5.74, 6) is 0.155. The van der Waals surface area contributed by atoms with Gasteiger partial charge in [0.05, 0.1) is 11.4 Å². The van der Waals surface area contributed by atoms with Gasteiger partial charge in [-0.3, -0.25) is 9.71 Å². The highest BCUT2D eigenvalue weighted by atomic mass is 32.2. The van der Waals surface area contributed by atoms with Crippen LogP contribution in [0.15, 0.2) is 18.5 Å². The maximum atomic E-state index is 11.9. The van der Waals surface area contributed by atoms with Crippen LogP contribution < -0.4 is 10.0 Å². The van der Waals surface area contributed by atoms with Crippen molar-refractivity contribution in [3.05, 3.63) is 24.0 Å². The molecule has 0 aromatic carbocycles. The Morgan fingerprint density at radius 2 is 2.05 bits per heavy atom. The summed E-state index contributed by atoms with van der Waals surface area (Å²) in [6, 6.07) is 1.68. The topological polar surface area (TPSA) is 71.1 Å². The molecule has 0 aliphatic rings. The minimum atomic E-state index is -3.26. The number of anilines is 1. The standard InChI is InChI=1S/C13H23N3O2S/c1-3-7-14-8-4-5-10-19(17,18)16-13-6-9-15-11-12(13)2/h6,9,11,14H,3-5,7-8,10H2,1-2H3,(H,15,16). The highest BCUT2D eigenvalue weighted by molar-refractivity contribution is 7.92. The van der Waals surface area contributed by atoms with Crippen molar-refractivity contribution in [2.75, 3.05) is 23.6 Å². The van der Waals surface area contributed by atoms with Crippen LogP contribution in [-0.2, 0) is 10.0 Å². The van der Waals surface area contributed by atoms with Crippen LogP contribution in [0, 0.1) is 6.92 Å². The molecule has 19 heavy (non-hydrogen) atoms. The predicted octanol–water partition coefficient (Wildman–Crippen LogP) is 1.91. The summed E-state index contributed by atoms with van der Waals surface area (Å²) in [4.78, 5) is 3.94. The lowest BCUT2D eigenvalue weighted by Gasteiger charge is -2.10. The molecule has 6 heteroatoms. The van der Waals surface area contributed by atoms with Gasteiger partial charge in [-0.15, -0.1) is 0 Å². The van der Waals surface area contributed by atoms with Gasteiger partial charge < -0.3 is 5.32 Å². The number of unbranched alkanes of at least 4 members (excludes halogenated alkanes) is 1. The lowest BCUT2D eigenvalue weighted by molar-refractivity contribution is 0.590. The normalized spacial score (nSPS) is 11.5. The Labute approximate surface area is 115 Å². The predicted molar refractivity (Wildman–Crippen MR) is 78.8 cm³/mol. The van der Waals surface area contributed by atoms with E-state index in [9.17, 15) is 8.42 Å². The molecule has 1 aromatic rings. The number of nitrogens with one attached hydrogen (secondary N) is 2. The van der Waals surface area contributed by atoms with Crippen LogP contribution in [0.5, 0.6) is 0 Å². The molecule has 0 aliphatic carbocycles. The van der Waals surface area contributed by atoms with Crippen molar-refractivity contribution in [3.63, 3.8) is 0 Å². The number of aromatic nitrogens is 1. The summed E-state index contributed by atoms with van der Waals surface area (Å²) in [6.45, 7) is 5.80. The second-order valence-corrected chi connectivity index (χ2v) is 6.41. The van der Waals surface area contributed by atoms with Crippen molar-refractivity contribution in [2.45, 2.75) is 33.1 Å². The Morgan fingerprint density at radius 3 is 2.74 bits per heavy atom. The fourth-order valence-electron chi connectivity index (χ4n) is 1.65. The molecule has 0 aliphatic heterocycles. The minimum absolute atomic E-state index is 0.155. The fourth-order valence-corrected chi connectivity index (χ4v) is 2.90. The first-order chi connectivity index (χ1) is 9.05. The molecule has 108 valence electrons. The third-order valence-corrected chi connectivity index (χ3v) is 4.09. The van der Waals surface area contributed by atoms with E-state index < -0.39 is 10.0 Å². The molecule has 5 nitrogen and oxygen atoms in total. The molecule has 0 radical (unpaired) electrons. The van der Waals surface area contributed by atoms with Crippen LogP contribution in [0.25, 0.3) is 0 Å². The SMILES string of the molecule is CCCNCCCCS(=O)(=O)Nc1ccncc1C. The minimum Gasteiger partial charge on any atom is -0.317 e. The zero-order chi connectivity index (χ0) is 14.1. The fraction of sp³-hybridized carbons (Fsp3) is 0.615. The zero-order valence-electron chi connectivity index (χ0n) is 11.6. The van der Waals surface area contributed by atoms with Crippen LogP contribution in [-0.4, -0.2) is 32.2 Å². The number of sulfonamides is 1. The number of hydrogen-bond acceptors (Lipinski definition) is 4. The van der Waals surface area contributed by atoms with Gasteiger partial charge in [-0.1, -0.05) is 6.92 Å². The number of pyridine rings is 1. The van der Waals surface area contributed by atoms with Gasteiger partial charge in [0, 0.05) is 12.4 Å². The quantitative estimate of drug-likeness (QED) is 0.680. The number of nitrogens with zero attached hydrogens (tertiary/aromatic N) is 1. The number of aryl methyl sites for hydroxylation is 1. The highest BCUT2D eigenvalue weighted by Gasteiger charge is 2.11. The van der Waals surface area contributed by atoms with Crippen molar-refractivity contribution in [3.8, 4) is 0 Å². The summed E-state index contributed by atoms with van der Waals surface area (Å²) in [7, 11) is -3.26. The van der Waals surface area contributed by atoms with Crippen LogP contribution in [0.3, 0.4) is 0 Å². The van der Waals surface area contributed by atoms with Crippen LogP contribution in [0.4, 0.5) is 5.69 Å². The van der Waals surface area contributed by atoms with E-state index in [4.69, 9.17) is 0 Å². The van der Waals surface area contributed by atoms with Gasteiger partial charge in [0.2, 0.25) is 10.0 Å². The third-order valence-electron chi connectivity index (χ3n) is 2.73. The molecule has 0 saturated heterocycles.